The lowest BCUT2D eigenvalue weighted by atomic mass is 10.0. The average molecular weight is 528 g/mol. The minimum Gasteiger partial charge on any atom is -0.353 e. The van der Waals surface area contributed by atoms with Gasteiger partial charge in [-0.3, -0.25) is 15.1 Å². The molecule has 0 atom stereocenters. The molecule has 5 heterocycles. The zero-order valence-electron chi connectivity index (χ0n) is 20.4. The molecule has 0 aliphatic rings. The Morgan fingerprint density at radius 1 is 1.00 bits per heavy atom. The van der Waals surface area contributed by atoms with Gasteiger partial charge in [0.2, 0.25) is 10.0 Å². The number of nitrogens with one attached hydrogen (secondary N) is 3. The van der Waals surface area contributed by atoms with Crippen molar-refractivity contribution in [3.8, 4) is 33.9 Å². The van der Waals surface area contributed by atoms with E-state index in [-0.39, 0.29) is 6.54 Å². The van der Waals surface area contributed by atoms with Crippen LogP contribution in [-0.4, -0.2) is 44.8 Å². The number of fused-ring (bicyclic) bond motifs is 2. The Bertz CT molecular complexity index is 1950. The molecule has 0 spiro atoms. The molecule has 5 aromatic heterocycles. The number of rotatable bonds is 6. The van der Waals surface area contributed by atoms with Crippen LogP contribution in [0.2, 0.25) is 0 Å². The largest absolute Gasteiger partial charge is 0.353 e. The number of nitrogens with zero attached hydrogens (tertiary/aromatic N) is 4. The van der Waals surface area contributed by atoms with Gasteiger partial charge in [0.25, 0.3) is 0 Å². The van der Waals surface area contributed by atoms with Crippen molar-refractivity contribution in [1.82, 2.24) is 34.9 Å². The van der Waals surface area contributed by atoms with Crippen LogP contribution < -0.4 is 4.72 Å². The summed E-state index contributed by atoms with van der Waals surface area (Å²) in [6.45, 7) is 1.99. The van der Waals surface area contributed by atoms with Crippen molar-refractivity contribution in [2.45, 2.75) is 13.5 Å². The summed E-state index contributed by atoms with van der Waals surface area (Å²) >= 11 is 0. The smallest absolute Gasteiger partial charge is 0.209 e. The number of aromatic amines is 2. The summed E-state index contributed by atoms with van der Waals surface area (Å²) in [5.74, 6) is -0.483. The summed E-state index contributed by atoms with van der Waals surface area (Å²) in [6.07, 6.45) is 6.25. The van der Waals surface area contributed by atoms with Gasteiger partial charge in [0.15, 0.2) is 0 Å². The van der Waals surface area contributed by atoms with Crippen LogP contribution in [0.1, 0.15) is 11.1 Å². The molecule has 0 aliphatic heterocycles. The molecule has 11 heteroatoms. The van der Waals surface area contributed by atoms with Crippen LogP contribution in [0.15, 0.2) is 67.1 Å². The first-order valence-electron chi connectivity index (χ1n) is 11.7. The van der Waals surface area contributed by atoms with Crippen LogP contribution in [0.3, 0.4) is 0 Å². The monoisotopic (exact) mass is 527 g/mol. The van der Waals surface area contributed by atoms with Crippen molar-refractivity contribution >= 4 is 32.0 Å². The van der Waals surface area contributed by atoms with Gasteiger partial charge in [0.1, 0.15) is 17.0 Å². The lowest BCUT2D eigenvalue weighted by molar-refractivity contribution is 0.586. The zero-order valence-corrected chi connectivity index (χ0v) is 21.3. The highest BCUT2D eigenvalue weighted by Crippen LogP contribution is 2.34. The Hall–Kier alpha value is -4.48. The third-order valence-corrected chi connectivity index (χ3v) is 6.96. The van der Waals surface area contributed by atoms with E-state index in [4.69, 9.17) is 4.98 Å². The van der Waals surface area contributed by atoms with Gasteiger partial charge < -0.3 is 4.98 Å². The molecule has 0 amide bonds. The molecule has 0 bridgehead atoms. The predicted octanol–water partition coefficient (Wildman–Crippen LogP) is 4.73. The molecule has 0 fully saturated rings. The quantitative estimate of drug-likeness (QED) is 0.287. The van der Waals surface area contributed by atoms with Crippen molar-refractivity contribution in [2.75, 3.05) is 6.26 Å². The Labute approximate surface area is 217 Å². The van der Waals surface area contributed by atoms with Gasteiger partial charge in [0.05, 0.1) is 28.9 Å². The van der Waals surface area contributed by atoms with Gasteiger partial charge in [0, 0.05) is 47.2 Å². The summed E-state index contributed by atoms with van der Waals surface area (Å²) in [4.78, 5) is 17.0. The highest BCUT2D eigenvalue weighted by molar-refractivity contribution is 7.88. The minimum absolute atomic E-state index is 0.0262. The van der Waals surface area contributed by atoms with Gasteiger partial charge in [-0.1, -0.05) is 0 Å². The lowest BCUT2D eigenvalue weighted by Gasteiger charge is -2.08. The molecule has 0 unspecified atom stereocenters. The average Bonchev–Trinajstić information content (AvgIpc) is 3.50. The molecule has 9 nitrogen and oxygen atoms in total. The van der Waals surface area contributed by atoms with Crippen LogP contribution in [-0.2, 0) is 16.6 Å². The molecule has 6 rings (SSSR count). The molecular formula is C27H22FN7O2S. The topological polar surface area (TPSA) is 129 Å². The predicted molar refractivity (Wildman–Crippen MR) is 144 cm³/mol. The first-order chi connectivity index (χ1) is 18.2. The second-order valence-electron chi connectivity index (χ2n) is 9.10. The summed E-state index contributed by atoms with van der Waals surface area (Å²) in [5.41, 5.74) is 8.03. The molecule has 6 aromatic rings. The van der Waals surface area contributed by atoms with E-state index in [2.05, 4.69) is 29.9 Å². The SMILES string of the molecule is Cc1ccncc1-c1ccc2[nH]nc(-c3cc4c(-c5cc(F)cc(CNS(C)(=O)=O)c5)nccc4[nH]3)c2n1. The second-order valence-corrected chi connectivity index (χ2v) is 10.9. The van der Waals surface area contributed by atoms with Crippen LogP contribution in [0.5, 0.6) is 0 Å². The van der Waals surface area contributed by atoms with Crippen molar-refractivity contribution in [3.63, 3.8) is 0 Å². The highest BCUT2D eigenvalue weighted by Gasteiger charge is 2.17. The lowest BCUT2D eigenvalue weighted by Crippen LogP contribution is -2.21. The van der Waals surface area contributed by atoms with E-state index in [0.717, 1.165) is 45.2 Å². The number of aromatic nitrogens is 6. The van der Waals surface area contributed by atoms with E-state index in [9.17, 15) is 12.8 Å². The standard InChI is InChI=1S/C27H22FN7O2S/c1-15-5-7-29-14-20(15)21-3-4-23-26(33-21)27(35-34-23)24-12-19-22(32-24)6-8-30-25(19)17-9-16(10-18(28)11-17)13-31-38(2,36)37/h3-12,14,31-32H,13H2,1-2H3,(H,34,35). The van der Waals surface area contributed by atoms with Gasteiger partial charge in [-0.2, -0.15) is 5.10 Å². The van der Waals surface area contributed by atoms with Crippen LogP contribution >= 0.6 is 0 Å². The van der Waals surface area contributed by atoms with Crippen molar-refractivity contribution < 1.29 is 12.8 Å². The molecule has 0 saturated heterocycles. The minimum atomic E-state index is -3.42. The molecular weight excluding hydrogens is 505 g/mol. The first-order valence-corrected chi connectivity index (χ1v) is 13.6. The number of H-pyrrole nitrogens is 2. The fourth-order valence-electron chi connectivity index (χ4n) is 4.48. The van der Waals surface area contributed by atoms with E-state index in [1.807, 2.05) is 37.3 Å². The highest BCUT2D eigenvalue weighted by atomic mass is 32.2. The van der Waals surface area contributed by atoms with Crippen molar-refractivity contribution in [1.29, 1.82) is 0 Å². The van der Waals surface area contributed by atoms with Gasteiger partial charge in [-0.05, 0) is 66.6 Å². The van der Waals surface area contributed by atoms with Crippen LogP contribution in [0, 0.1) is 12.7 Å². The Balaban J connectivity index is 1.44. The van der Waals surface area contributed by atoms with Crippen molar-refractivity contribution in [2.24, 2.45) is 0 Å². The number of hydrogen-bond donors (Lipinski definition) is 3. The fraction of sp³-hybridized carbons (Fsp3) is 0.111. The maximum Gasteiger partial charge on any atom is 0.209 e. The summed E-state index contributed by atoms with van der Waals surface area (Å²) in [6, 6.07) is 14.0. The van der Waals surface area contributed by atoms with Crippen molar-refractivity contribution in [3.05, 3.63) is 84.1 Å². The first kappa shape index (κ1) is 23.9. The number of hydrogen-bond acceptors (Lipinski definition) is 6. The number of halogens is 1. The molecule has 0 saturated carbocycles. The summed E-state index contributed by atoms with van der Waals surface area (Å²) in [5, 5.41) is 8.33. The molecule has 190 valence electrons. The maximum atomic E-state index is 14.5. The second kappa shape index (κ2) is 9.12. The van der Waals surface area contributed by atoms with E-state index < -0.39 is 15.8 Å². The normalized spacial score (nSPS) is 12.0. The third-order valence-electron chi connectivity index (χ3n) is 6.30. The van der Waals surface area contributed by atoms with Gasteiger partial charge >= 0.3 is 0 Å². The third kappa shape index (κ3) is 4.53. The molecule has 1 aromatic carbocycles. The number of aryl methyl sites for hydroxylation is 1. The molecule has 3 N–H and O–H groups in total. The Morgan fingerprint density at radius 3 is 2.68 bits per heavy atom. The van der Waals surface area contributed by atoms with Gasteiger partial charge in [-0.25, -0.2) is 22.5 Å². The van der Waals surface area contributed by atoms with Gasteiger partial charge in [-0.15, -0.1) is 0 Å². The molecule has 0 aliphatic carbocycles. The Kier molecular flexibility index (Phi) is 5.73. The summed E-state index contributed by atoms with van der Waals surface area (Å²) in [7, 11) is -3.42. The molecule has 0 radical (unpaired) electrons. The van der Waals surface area contributed by atoms with E-state index in [0.29, 0.717) is 28.0 Å². The molecule has 38 heavy (non-hydrogen) atoms. The van der Waals surface area contributed by atoms with E-state index in [1.54, 1.807) is 24.7 Å². The van der Waals surface area contributed by atoms with Crippen LogP contribution in [0.25, 0.3) is 55.8 Å². The summed E-state index contributed by atoms with van der Waals surface area (Å²) < 4.78 is 39.9. The number of benzene rings is 1. The number of sulfonamides is 1. The maximum absolute atomic E-state index is 14.5. The zero-order chi connectivity index (χ0) is 26.4. The van der Waals surface area contributed by atoms with E-state index in [1.165, 1.54) is 12.1 Å². The van der Waals surface area contributed by atoms with E-state index >= 15 is 0 Å². The number of pyridine rings is 3. The Morgan fingerprint density at radius 2 is 1.87 bits per heavy atom. The fourth-order valence-corrected chi connectivity index (χ4v) is 4.91. The van der Waals surface area contributed by atoms with Crippen LogP contribution in [0.4, 0.5) is 4.39 Å².